The third-order valence-corrected chi connectivity index (χ3v) is 6.31. The molecule has 7 heteroatoms. The maximum absolute atomic E-state index is 12.5. The lowest BCUT2D eigenvalue weighted by Gasteiger charge is -2.18. The van der Waals surface area contributed by atoms with E-state index < -0.39 is 12.1 Å². The molecule has 5 nitrogen and oxygen atoms in total. The minimum Gasteiger partial charge on any atom is -0.452 e. The van der Waals surface area contributed by atoms with E-state index in [0.717, 1.165) is 28.2 Å². The van der Waals surface area contributed by atoms with Crippen LogP contribution < -0.4 is 5.32 Å². The van der Waals surface area contributed by atoms with Gasteiger partial charge < -0.3 is 10.1 Å². The van der Waals surface area contributed by atoms with Crippen LogP contribution in [0.3, 0.4) is 0 Å². The van der Waals surface area contributed by atoms with Gasteiger partial charge in [0.25, 0.3) is 5.91 Å². The number of hydrogen-bond donors (Lipinski definition) is 1. The predicted octanol–water partition coefficient (Wildman–Crippen LogP) is 5.50. The molecule has 1 aromatic carbocycles. The molecule has 0 fully saturated rings. The van der Waals surface area contributed by atoms with Crippen LogP contribution in [0.2, 0.25) is 0 Å². The summed E-state index contributed by atoms with van der Waals surface area (Å²) < 4.78 is 5.33. The Morgan fingerprint density at radius 1 is 1.17 bits per heavy atom. The minimum atomic E-state index is -0.887. The molecule has 2 unspecified atom stereocenters. The second kappa shape index (κ2) is 9.80. The maximum atomic E-state index is 12.5. The predicted molar refractivity (Wildman–Crippen MR) is 118 cm³/mol. The van der Waals surface area contributed by atoms with Crippen LogP contribution in [0.1, 0.15) is 44.4 Å². The molecular formula is C22H24N2O3S2. The molecule has 1 amide bonds. The van der Waals surface area contributed by atoms with Gasteiger partial charge in [0, 0.05) is 22.0 Å². The largest absolute Gasteiger partial charge is 0.452 e. The van der Waals surface area contributed by atoms with Crippen LogP contribution >= 0.6 is 22.7 Å². The number of hydrogen-bond acceptors (Lipinski definition) is 6. The lowest BCUT2D eigenvalue weighted by Crippen LogP contribution is -2.31. The molecular weight excluding hydrogens is 404 g/mol. The van der Waals surface area contributed by atoms with E-state index in [1.807, 2.05) is 46.5 Å². The van der Waals surface area contributed by atoms with Crippen LogP contribution in [-0.2, 0) is 20.7 Å². The molecule has 2 aromatic heterocycles. The zero-order valence-electron chi connectivity index (χ0n) is 16.7. The first-order chi connectivity index (χ1) is 14.0. The molecule has 0 saturated carbocycles. The van der Waals surface area contributed by atoms with E-state index in [1.165, 1.54) is 11.3 Å². The first-order valence-electron chi connectivity index (χ1n) is 9.54. The van der Waals surface area contributed by atoms with Crippen molar-refractivity contribution in [2.24, 2.45) is 0 Å². The second-order valence-electron chi connectivity index (χ2n) is 6.85. The van der Waals surface area contributed by atoms with E-state index in [-0.39, 0.29) is 12.3 Å². The number of benzene rings is 1. The molecule has 0 bridgehead atoms. The van der Waals surface area contributed by atoms with Gasteiger partial charge in [-0.3, -0.25) is 9.59 Å². The van der Waals surface area contributed by atoms with Gasteiger partial charge in [0.05, 0.1) is 12.1 Å². The summed E-state index contributed by atoms with van der Waals surface area (Å²) in [5.74, 6) is -0.484. The topological polar surface area (TPSA) is 68.3 Å². The quantitative estimate of drug-likeness (QED) is 0.481. The first kappa shape index (κ1) is 21.2. The molecule has 0 aliphatic carbocycles. The number of thiophene rings is 1. The van der Waals surface area contributed by atoms with E-state index in [0.29, 0.717) is 11.6 Å². The molecule has 0 spiro atoms. The Labute approximate surface area is 178 Å². The Morgan fingerprint density at radius 3 is 2.69 bits per heavy atom. The van der Waals surface area contributed by atoms with Gasteiger partial charge >= 0.3 is 5.97 Å². The van der Waals surface area contributed by atoms with Crippen molar-refractivity contribution in [3.8, 4) is 10.6 Å². The fraction of sp³-hybridized carbons (Fsp3) is 0.318. The molecule has 0 radical (unpaired) electrons. The number of rotatable bonds is 8. The van der Waals surface area contributed by atoms with Gasteiger partial charge in [0.1, 0.15) is 5.01 Å². The average Bonchev–Trinajstić information content (AvgIpc) is 3.39. The lowest BCUT2D eigenvalue weighted by atomic mass is 9.97. The van der Waals surface area contributed by atoms with Gasteiger partial charge in [0.2, 0.25) is 0 Å². The van der Waals surface area contributed by atoms with Crippen LogP contribution in [0, 0.1) is 0 Å². The molecule has 3 aromatic rings. The van der Waals surface area contributed by atoms with Gasteiger partial charge in [-0.25, -0.2) is 4.98 Å². The highest BCUT2D eigenvalue weighted by molar-refractivity contribution is 7.14. The summed E-state index contributed by atoms with van der Waals surface area (Å²) in [4.78, 5) is 29.3. The van der Waals surface area contributed by atoms with Gasteiger partial charge in [-0.2, -0.15) is 11.3 Å². The minimum absolute atomic E-state index is 0.0434. The Kier molecular flexibility index (Phi) is 7.17. The summed E-state index contributed by atoms with van der Waals surface area (Å²) >= 11 is 3.10. The zero-order chi connectivity index (χ0) is 20.8. The second-order valence-corrected chi connectivity index (χ2v) is 8.49. The molecule has 3 rings (SSSR count). The van der Waals surface area contributed by atoms with E-state index in [9.17, 15) is 9.59 Å². The summed E-state index contributed by atoms with van der Waals surface area (Å²) in [5.41, 5.74) is 3.53. The number of esters is 1. The van der Waals surface area contributed by atoms with Crippen LogP contribution in [0.4, 0.5) is 5.69 Å². The van der Waals surface area contributed by atoms with E-state index in [4.69, 9.17) is 4.74 Å². The lowest BCUT2D eigenvalue weighted by molar-refractivity contribution is -0.152. The fourth-order valence-corrected chi connectivity index (χ4v) is 4.37. The molecule has 1 N–H and O–H groups in total. The van der Waals surface area contributed by atoms with Gasteiger partial charge in [-0.05, 0) is 42.3 Å². The smallest absolute Gasteiger partial charge is 0.312 e. The van der Waals surface area contributed by atoms with Crippen molar-refractivity contribution < 1.29 is 14.3 Å². The number of para-hydroxylation sites is 1. The number of carbonyl (C=O) groups excluding carboxylic acids is 2. The van der Waals surface area contributed by atoms with E-state index >= 15 is 0 Å². The SMILES string of the molecule is CCC(C)c1ccccc1NC(=O)C(C)OC(=O)Cc1csc(-c2ccsc2)n1. The highest BCUT2D eigenvalue weighted by Gasteiger charge is 2.20. The molecule has 152 valence electrons. The van der Waals surface area contributed by atoms with Crippen molar-refractivity contribution >= 4 is 40.2 Å². The van der Waals surface area contributed by atoms with Crippen LogP contribution in [0.15, 0.2) is 46.5 Å². The van der Waals surface area contributed by atoms with Gasteiger partial charge in [-0.1, -0.05) is 32.0 Å². The number of amides is 1. The van der Waals surface area contributed by atoms with Crippen molar-refractivity contribution in [2.75, 3.05) is 5.32 Å². The van der Waals surface area contributed by atoms with Crippen molar-refractivity contribution in [2.45, 2.75) is 45.6 Å². The Bertz CT molecular complexity index is 966. The summed E-state index contributed by atoms with van der Waals surface area (Å²) in [5, 5.41) is 9.62. The van der Waals surface area contributed by atoms with Crippen molar-refractivity contribution in [1.29, 1.82) is 0 Å². The highest BCUT2D eigenvalue weighted by Crippen LogP contribution is 2.27. The third-order valence-electron chi connectivity index (χ3n) is 4.68. The standard InChI is InChI=1S/C22H24N2O3S2/c1-4-14(2)18-7-5-6-8-19(18)24-21(26)15(3)27-20(25)11-17-13-29-22(23-17)16-9-10-28-12-16/h5-10,12-15H,4,11H2,1-3H3,(H,24,26). The average molecular weight is 429 g/mol. The number of nitrogens with zero attached hydrogens (tertiary/aromatic N) is 1. The summed E-state index contributed by atoms with van der Waals surface area (Å²) in [7, 11) is 0. The third kappa shape index (κ3) is 5.52. The van der Waals surface area contributed by atoms with Crippen molar-refractivity contribution in [1.82, 2.24) is 4.98 Å². The molecule has 2 heterocycles. The Balaban J connectivity index is 1.57. The zero-order valence-corrected chi connectivity index (χ0v) is 18.3. The van der Waals surface area contributed by atoms with Crippen molar-refractivity contribution in [3.05, 3.63) is 57.7 Å². The number of nitrogens with one attached hydrogen (secondary N) is 1. The number of thiazole rings is 1. The Morgan fingerprint density at radius 2 is 1.97 bits per heavy atom. The maximum Gasteiger partial charge on any atom is 0.312 e. The summed E-state index contributed by atoms with van der Waals surface area (Å²) in [6, 6.07) is 9.71. The van der Waals surface area contributed by atoms with Crippen molar-refractivity contribution in [3.63, 3.8) is 0 Å². The summed E-state index contributed by atoms with van der Waals surface area (Å²) in [6.45, 7) is 5.81. The van der Waals surface area contributed by atoms with E-state index in [2.05, 4.69) is 24.1 Å². The first-order valence-corrected chi connectivity index (χ1v) is 11.4. The van der Waals surface area contributed by atoms with Crippen LogP contribution in [-0.4, -0.2) is 23.0 Å². The Hall–Kier alpha value is -2.51. The number of anilines is 1. The summed E-state index contributed by atoms with van der Waals surface area (Å²) in [6.07, 6.45) is 0.127. The van der Waals surface area contributed by atoms with Gasteiger partial charge in [0.15, 0.2) is 6.10 Å². The molecule has 29 heavy (non-hydrogen) atoms. The van der Waals surface area contributed by atoms with Crippen LogP contribution in [0.25, 0.3) is 10.6 Å². The normalized spacial score (nSPS) is 12.9. The number of carbonyl (C=O) groups is 2. The monoisotopic (exact) mass is 428 g/mol. The molecule has 0 aliphatic heterocycles. The number of ether oxygens (including phenoxy) is 1. The molecule has 2 atom stereocenters. The fourth-order valence-electron chi connectivity index (χ4n) is 2.84. The van der Waals surface area contributed by atoms with Crippen LogP contribution in [0.5, 0.6) is 0 Å². The highest BCUT2D eigenvalue weighted by atomic mass is 32.1. The molecule has 0 saturated heterocycles. The number of aromatic nitrogens is 1. The van der Waals surface area contributed by atoms with E-state index in [1.54, 1.807) is 18.3 Å². The molecule has 0 aliphatic rings. The van der Waals surface area contributed by atoms with Gasteiger partial charge in [-0.15, -0.1) is 11.3 Å².